The van der Waals surface area contributed by atoms with Crippen molar-refractivity contribution in [2.45, 2.75) is 52.9 Å². The van der Waals surface area contributed by atoms with Crippen molar-refractivity contribution >= 4 is 39.3 Å². The van der Waals surface area contributed by atoms with E-state index < -0.39 is 11.8 Å². The molecule has 0 radical (unpaired) electrons. The van der Waals surface area contributed by atoms with Gasteiger partial charge in [0.15, 0.2) is 0 Å². The zero-order valence-corrected chi connectivity index (χ0v) is 19.6. The van der Waals surface area contributed by atoms with E-state index in [0.717, 1.165) is 21.2 Å². The van der Waals surface area contributed by atoms with Gasteiger partial charge in [-0.25, -0.2) is 0 Å². The van der Waals surface area contributed by atoms with Gasteiger partial charge < -0.3 is 5.32 Å². The van der Waals surface area contributed by atoms with Crippen molar-refractivity contribution < 1.29 is 14.4 Å². The lowest BCUT2D eigenvalue weighted by Crippen LogP contribution is -2.41. The molecule has 0 aliphatic rings. The van der Waals surface area contributed by atoms with E-state index in [1.54, 1.807) is 12.1 Å². The Morgan fingerprint density at radius 3 is 2.13 bits per heavy atom. The van der Waals surface area contributed by atoms with Crippen LogP contribution in [-0.4, -0.2) is 17.7 Å². The van der Waals surface area contributed by atoms with Crippen molar-refractivity contribution in [3.63, 3.8) is 0 Å². The van der Waals surface area contributed by atoms with E-state index in [-0.39, 0.29) is 24.2 Å². The van der Waals surface area contributed by atoms with E-state index in [2.05, 4.69) is 52.9 Å². The summed E-state index contributed by atoms with van der Waals surface area (Å²) >= 11 is 3.50. The predicted octanol–water partition coefficient (Wildman–Crippen LogP) is 4.54. The standard InChI is InChI=1S/C23H28BrN3O3/c1-14-6-8-17(12-15(14)2)25-20(28)10-11-21(29)26-27-22(30)16-7-9-18(19(24)13-16)23(3,4)5/h6-9,12-13H,10-11H2,1-5H3,(H,25,28)(H,26,29)(H,27,30). The minimum atomic E-state index is -0.441. The van der Waals surface area contributed by atoms with Gasteiger partial charge in [0.1, 0.15) is 0 Å². The number of aryl methyl sites for hydroxylation is 2. The fraction of sp³-hybridized carbons (Fsp3) is 0.348. The third kappa shape index (κ3) is 6.69. The number of anilines is 1. The highest BCUT2D eigenvalue weighted by Gasteiger charge is 2.18. The van der Waals surface area contributed by atoms with Crippen LogP contribution in [-0.2, 0) is 15.0 Å². The summed E-state index contributed by atoms with van der Waals surface area (Å²) in [7, 11) is 0. The zero-order chi connectivity index (χ0) is 22.5. The molecule has 0 spiro atoms. The highest BCUT2D eigenvalue weighted by Crippen LogP contribution is 2.30. The lowest BCUT2D eigenvalue weighted by molar-refractivity contribution is -0.124. The number of hydrogen-bond acceptors (Lipinski definition) is 3. The molecule has 0 saturated heterocycles. The normalized spacial score (nSPS) is 11.0. The Bertz CT molecular complexity index is 965. The van der Waals surface area contributed by atoms with Crippen molar-refractivity contribution in [2.24, 2.45) is 0 Å². The zero-order valence-electron chi connectivity index (χ0n) is 18.0. The molecule has 0 unspecified atom stereocenters. The third-order valence-corrected chi connectivity index (χ3v) is 5.38. The molecule has 0 aliphatic carbocycles. The molecule has 0 atom stereocenters. The molecule has 0 saturated carbocycles. The second-order valence-electron chi connectivity index (χ2n) is 8.29. The first-order chi connectivity index (χ1) is 14.0. The SMILES string of the molecule is Cc1ccc(NC(=O)CCC(=O)NNC(=O)c2ccc(C(C)(C)C)c(Br)c2)cc1C. The third-order valence-electron chi connectivity index (χ3n) is 4.72. The minimum Gasteiger partial charge on any atom is -0.326 e. The molecule has 7 heteroatoms. The van der Waals surface area contributed by atoms with Crippen LogP contribution in [0.25, 0.3) is 0 Å². The number of rotatable bonds is 5. The van der Waals surface area contributed by atoms with Crippen LogP contribution in [0.15, 0.2) is 40.9 Å². The average Bonchev–Trinajstić information content (AvgIpc) is 2.66. The largest absolute Gasteiger partial charge is 0.326 e. The quantitative estimate of drug-likeness (QED) is 0.556. The Kier molecular flexibility index (Phi) is 7.78. The first kappa shape index (κ1) is 23.6. The van der Waals surface area contributed by atoms with Gasteiger partial charge in [-0.05, 0) is 60.2 Å². The van der Waals surface area contributed by atoms with Crippen LogP contribution < -0.4 is 16.2 Å². The molecule has 160 valence electrons. The Morgan fingerprint density at radius 2 is 1.53 bits per heavy atom. The van der Waals surface area contributed by atoms with E-state index in [0.29, 0.717) is 11.3 Å². The van der Waals surface area contributed by atoms with Gasteiger partial charge in [-0.15, -0.1) is 0 Å². The molecule has 0 aromatic heterocycles. The molecule has 3 N–H and O–H groups in total. The maximum atomic E-state index is 12.3. The fourth-order valence-electron chi connectivity index (χ4n) is 2.80. The van der Waals surface area contributed by atoms with Crippen LogP contribution in [0.4, 0.5) is 5.69 Å². The summed E-state index contributed by atoms with van der Waals surface area (Å²) in [5.74, 6) is -1.13. The molecule has 3 amide bonds. The minimum absolute atomic E-state index is 0.0143. The van der Waals surface area contributed by atoms with Crippen molar-refractivity contribution in [1.29, 1.82) is 0 Å². The van der Waals surface area contributed by atoms with Gasteiger partial charge in [0.2, 0.25) is 11.8 Å². The smallest absolute Gasteiger partial charge is 0.269 e. The van der Waals surface area contributed by atoms with Crippen LogP contribution in [0.1, 0.15) is 60.7 Å². The second-order valence-corrected chi connectivity index (χ2v) is 9.15. The number of amides is 3. The molecule has 0 fully saturated rings. The first-order valence-electron chi connectivity index (χ1n) is 9.73. The maximum Gasteiger partial charge on any atom is 0.269 e. The summed E-state index contributed by atoms with van der Waals surface area (Å²) in [5, 5.41) is 2.77. The summed E-state index contributed by atoms with van der Waals surface area (Å²) in [4.78, 5) is 36.3. The highest BCUT2D eigenvalue weighted by atomic mass is 79.9. The Morgan fingerprint density at radius 1 is 0.867 bits per heavy atom. The van der Waals surface area contributed by atoms with E-state index in [4.69, 9.17) is 0 Å². The van der Waals surface area contributed by atoms with Gasteiger partial charge in [-0.3, -0.25) is 25.2 Å². The van der Waals surface area contributed by atoms with Crippen molar-refractivity contribution in [1.82, 2.24) is 10.9 Å². The number of hydrogen-bond donors (Lipinski definition) is 3. The number of nitrogens with one attached hydrogen (secondary N) is 3. The molecule has 0 aliphatic heterocycles. The van der Waals surface area contributed by atoms with Crippen LogP contribution in [0.2, 0.25) is 0 Å². The van der Waals surface area contributed by atoms with Gasteiger partial charge in [0, 0.05) is 28.6 Å². The maximum absolute atomic E-state index is 12.3. The average molecular weight is 474 g/mol. The van der Waals surface area contributed by atoms with Gasteiger partial charge >= 0.3 is 0 Å². The van der Waals surface area contributed by atoms with Gasteiger partial charge in [-0.2, -0.15) is 0 Å². The topological polar surface area (TPSA) is 87.3 Å². The lowest BCUT2D eigenvalue weighted by atomic mass is 9.86. The monoisotopic (exact) mass is 473 g/mol. The Balaban J connectivity index is 1.81. The molecule has 0 bridgehead atoms. The summed E-state index contributed by atoms with van der Waals surface area (Å²) in [6.45, 7) is 10.2. The van der Waals surface area contributed by atoms with Crippen LogP contribution >= 0.6 is 15.9 Å². The van der Waals surface area contributed by atoms with Crippen LogP contribution in [0.3, 0.4) is 0 Å². The molecular weight excluding hydrogens is 446 g/mol. The second kappa shape index (κ2) is 9.89. The van der Waals surface area contributed by atoms with Crippen molar-refractivity contribution in [3.8, 4) is 0 Å². The van der Waals surface area contributed by atoms with E-state index in [9.17, 15) is 14.4 Å². The van der Waals surface area contributed by atoms with E-state index in [1.807, 2.05) is 38.1 Å². The summed E-state index contributed by atoms with van der Waals surface area (Å²) in [6, 6.07) is 11.0. The fourth-order valence-corrected chi connectivity index (χ4v) is 3.77. The van der Waals surface area contributed by atoms with Gasteiger partial charge in [-0.1, -0.05) is 48.8 Å². The van der Waals surface area contributed by atoms with Crippen LogP contribution in [0.5, 0.6) is 0 Å². The summed E-state index contributed by atoms with van der Waals surface area (Å²) in [5.41, 5.74) is 9.09. The highest BCUT2D eigenvalue weighted by molar-refractivity contribution is 9.10. The number of benzene rings is 2. The van der Waals surface area contributed by atoms with E-state index in [1.165, 1.54) is 0 Å². The molecule has 30 heavy (non-hydrogen) atoms. The predicted molar refractivity (Wildman–Crippen MR) is 122 cm³/mol. The Hall–Kier alpha value is -2.67. The van der Waals surface area contributed by atoms with E-state index >= 15 is 0 Å². The molecule has 6 nitrogen and oxygen atoms in total. The number of carbonyl (C=O) groups excluding carboxylic acids is 3. The molecule has 2 aromatic carbocycles. The molecule has 0 heterocycles. The summed E-state index contributed by atoms with van der Waals surface area (Å²) < 4.78 is 0.831. The van der Waals surface area contributed by atoms with Crippen molar-refractivity contribution in [3.05, 3.63) is 63.1 Å². The summed E-state index contributed by atoms with van der Waals surface area (Å²) in [6.07, 6.45) is -0.0237. The molecular formula is C23H28BrN3O3. The van der Waals surface area contributed by atoms with Crippen LogP contribution in [0, 0.1) is 13.8 Å². The molecule has 2 rings (SSSR count). The lowest BCUT2D eigenvalue weighted by Gasteiger charge is -2.21. The number of carbonyl (C=O) groups is 3. The Labute approximate surface area is 185 Å². The van der Waals surface area contributed by atoms with Gasteiger partial charge in [0.25, 0.3) is 5.91 Å². The van der Waals surface area contributed by atoms with Crippen molar-refractivity contribution in [2.75, 3.05) is 5.32 Å². The first-order valence-corrected chi connectivity index (χ1v) is 10.5. The molecule has 2 aromatic rings. The number of hydrazine groups is 1. The number of halogens is 1. The van der Waals surface area contributed by atoms with Gasteiger partial charge in [0.05, 0.1) is 0 Å².